The van der Waals surface area contributed by atoms with Crippen LogP contribution >= 0.6 is 0 Å². The maximum Gasteiger partial charge on any atom is 0.490 e. The Morgan fingerprint density at radius 3 is 2.00 bits per heavy atom. The lowest BCUT2D eigenvalue weighted by Gasteiger charge is -2.25. The molecule has 2 aromatic heterocycles. The summed E-state index contributed by atoms with van der Waals surface area (Å²) >= 11 is 0. The summed E-state index contributed by atoms with van der Waals surface area (Å²) in [5.41, 5.74) is 2.22. The van der Waals surface area contributed by atoms with Gasteiger partial charge in [0.1, 0.15) is 0 Å². The van der Waals surface area contributed by atoms with Crippen LogP contribution in [-0.2, 0) is 22.6 Å². The van der Waals surface area contributed by atoms with Gasteiger partial charge >= 0.3 is 24.3 Å². The molecular formula is C20H21F6N3O5. The van der Waals surface area contributed by atoms with Crippen LogP contribution in [0.3, 0.4) is 0 Å². The number of carbonyl (C=O) groups is 2. The van der Waals surface area contributed by atoms with Gasteiger partial charge in [0.25, 0.3) is 0 Å². The zero-order valence-electron chi connectivity index (χ0n) is 17.4. The van der Waals surface area contributed by atoms with Crippen LogP contribution in [0.5, 0.6) is 0 Å². The number of aliphatic hydroxyl groups is 1. The molecule has 1 aliphatic rings. The van der Waals surface area contributed by atoms with E-state index in [1.165, 1.54) is 5.56 Å². The van der Waals surface area contributed by atoms with Gasteiger partial charge < -0.3 is 15.3 Å². The van der Waals surface area contributed by atoms with Crippen molar-refractivity contribution in [3.05, 3.63) is 60.2 Å². The molecule has 3 rings (SSSR count). The normalized spacial score (nSPS) is 18.2. The van der Waals surface area contributed by atoms with Crippen molar-refractivity contribution in [3.63, 3.8) is 0 Å². The van der Waals surface area contributed by atoms with Gasteiger partial charge in [-0.3, -0.25) is 14.9 Å². The summed E-state index contributed by atoms with van der Waals surface area (Å²) in [6, 6.07) is 10.1. The molecule has 8 nitrogen and oxygen atoms in total. The molecule has 0 aliphatic carbocycles. The van der Waals surface area contributed by atoms with Gasteiger partial charge in [-0.05, 0) is 36.6 Å². The van der Waals surface area contributed by atoms with Crippen molar-refractivity contribution in [2.24, 2.45) is 0 Å². The molecule has 0 spiro atoms. The van der Waals surface area contributed by atoms with Gasteiger partial charge in [-0.2, -0.15) is 26.3 Å². The highest BCUT2D eigenvalue weighted by molar-refractivity contribution is 5.73. The second kappa shape index (κ2) is 12.8. The van der Waals surface area contributed by atoms with Gasteiger partial charge in [-0.25, -0.2) is 9.59 Å². The number of alkyl halides is 6. The van der Waals surface area contributed by atoms with E-state index in [9.17, 15) is 31.4 Å². The van der Waals surface area contributed by atoms with Crippen LogP contribution in [0.15, 0.2) is 48.9 Å². The van der Waals surface area contributed by atoms with E-state index in [0.29, 0.717) is 0 Å². The van der Waals surface area contributed by atoms with Crippen LogP contribution in [-0.4, -0.2) is 73.2 Å². The number of carboxylic acid groups (broad SMARTS) is 2. The van der Waals surface area contributed by atoms with Gasteiger partial charge in [-0.15, -0.1) is 0 Å². The van der Waals surface area contributed by atoms with Gasteiger partial charge in [0.05, 0.1) is 11.8 Å². The maximum absolute atomic E-state index is 10.6. The molecule has 3 heterocycles. The lowest BCUT2D eigenvalue weighted by atomic mass is 10.0. The molecule has 0 bridgehead atoms. The molecule has 0 saturated carbocycles. The van der Waals surface area contributed by atoms with Crippen molar-refractivity contribution in [2.45, 2.75) is 43.9 Å². The molecule has 0 aromatic carbocycles. The predicted octanol–water partition coefficient (Wildman–Crippen LogP) is 2.92. The Hall–Kier alpha value is -3.26. The third-order valence-electron chi connectivity index (χ3n) is 4.37. The molecule has 2 aromatic rings. The van der Waals surface area contributed by atoms with Crippen LogP contribution in [0.4, 0.5) is 26.3 Å². The maximum atomic E-state index is 10.6. The molecule has 3 N–H and O–H groups in total. The van der Waals surface area contributed by atoms with E-state index < -0.39 is 24.3 Å². The summed E-state index contributed by atoms with van der Waals surface area (Å²) in [4.78, 5) is 28.6. The molecule has 1 saturated heterocycles. The minimum atomic E-state index is -5.08. The monoisotopic (exact) mass is 497 g/mol. The van der Waals surface area contributed by atoms with Crippen molar-refractivity contribution in [3.8, 4) is 0 Å². The van der Waals surface area contributed by atoms with Crippen LogP contribution in [0, 0.1) is 0 Å². The van der Waals surface area contributed by atoms with Crippen molar-refractivity contribution in [1.82, 2.24) is 14.9 Å². The van der Waals surface area contributed by atoms with E-state index in [0.717, 1.165) is 31.6 Å². The van der Waals surface area contributed by atoms with Crippen LogP contribution in [0.25, 0.3) is 0 Å². The lowest BCUT2D eigenvalue weighted by Crippen LogP contribution is -2.36. The standard InChI is InChI=1S/C16H19N3O.2C2HF3O2/c20-16-6-9-19(12-14-5-1-2-8-18-14)15(16)10-13-4-3-7-17-11-13;2*3-2(4,5)1(6)7/h1-5,7-8,11,15-16,20H,6,9-10,12H2;2*(H,6,7)/t15-,16+;;/m0../s1. The van der Waals surface area contributed by atoms with E-state index in [1.807, 2.05) is 36.7 Å². The number of rotatable bonds is 4. The van der Waals surface area contributed by atoms with Gasteiger partial charge in [0, 0.05) is 37.7 Å². The van der Waals surface area contributed by atoms with Crippen molar-refractivity contribution in [1.29, 1.82) is 0 Å². The quantitative estimate of drug-likeness (QED) is 0.551. The summed E-state index contributed by atoms with van der Waals surface area (Å²) in [6.45, 7) is 1.71. The number of aliphatic carboxylic acids is 2. The first-order valence-electron chi connectivity index (χ1n) is 9.53. The second-order valence-corrected chi connectivity index (χ2v) is 6.89. The van der Waals surface area contributed by atoms with Crippen LogP contribution in [0.2, 0.25) is 0 Å². The number of likely N-dealkylation sites (tertiary alicyclic amines) is 1. The smallest absolute Gasteiger partial charge is 0.475 e. The number of aromatic nitrogens is 2. The van der Waals surface area contributed by atoms with Crippen LogP contribution in [0.1, 0.15) is 17.7 Å². The number of carboxylic acids is 2. The topological polar surface area (TPSA) is 124 Å². The fourth-order valence-corrected chi connectivity index (χ4v) is 2.82. The Bertz CT molecular complexity index is 873. The number of pyridine rings is 2. The molecular weight excluding hydrogens is 476 g/mol. The fourth-order valence-electron chi connectivity index (χ4n) is 2.82. The highest BCUT2D eigenvalue weighted by Gasteiger charge is 2.39. The molecule has 34 heavy (non-hydrogen) atoms. The number of nitrogens with zero attached hydrogens (tertiary/aromatic N) is 3. The van der Waals surface area contributed by atoms with Crippen molar-refractivity contribution >= 4 is 11.9 Å². The van der Waals surface area contributed by atoms with Gasteiger partial charge in [0.15, 0.2) is 0 Å². The molecule has 2 atom stereocenters. The first-order chi connectivity index (χ1) is 15.7. The van der Waals surface area contributed by atoms with E-state index in [4.69, 9.17) is 19.8 Å². The largest absolute Gasteiger partial charge is 0.490 e. The molecule has 0 unspecified atom stereocenters. The Balaban J connectivity index is 0.000000343. The average Bonchev–Trinajstić information content (AvgIpc) is 3.08. The zero-order valence-corrected chi connectivity index (χ0v) is 17.4. The predicted molar refractivity (Wildman–Crippen MR) is 104 cm³/mol. The first-order valence-corrected chi connectivity index (χ1v) is 9.53. The van der Waals surface area contributed by atoms with Gasteiger partial charge in [-0.1, -0.05) is 12.1 Å². The van der Waals surface area contributed by atoms with Crippen LogP contribution < -0.4 is 0 Å². The number of halogens is 6. The average molecular weight is 497 g/mol. The molecule has 0 amide bonds. The summed E-state index contributed by atoms with van der Waals surface area (Å²) < 4.78 is 63.5. The van der Waals surface area contributed by atoms with E-state index in [2.05, 4.69) is 20.9 Å². The first kappa shape index (κ1) is 28.8. The second-order valence-electron chi connectivity index (χ2n) is 6.89. The summed E-state index contributed by atoms with van der Waals surface area (Å²) in [5, 5.41) is 24.5. The van der Waals surface area contributed by atoms with Crippen molar-refractivity contribution in [2.75, 3.05) is 6.54 Å². The highest BCUT2D eigenvalue weighted by atomic mass is 19.4. The number of aliphatic hydroxyl groups excluding tert-OH is 1. The molecule has 1 fully saturated rings. The fraction of sp³-hybridized carbons (Fsp3) is 0.400. The zero-order chi connectivity index (χ0) is 25.9. The van der Waals surface area contributed by atoms with E-state index >= 15 is 0 Å². The third-order valence-corrected chi connectivity index (χ3v) is 4.37. The SMILES string of the molecule is O=C(O)C(F)(F)F.O=C(O)C(F)(F)F.O[C@@H]1CCN(Cc2ccccn2)[C@H]1Cc1cccnc1. The summed E-state index contributed by atoms with van der Waals surface area (Å²) in [7, 11) is 0. The molecule has 188 valence electrons. The number of hydrogen-bond donors (Lipinski definition) is 3. The minimum absolute atomic E-state index is 0.154. The minimum Gasteiger partial charge on any atom is -0.475 e. The van der Waals surface area contributed by atoms with E-state index in [1.54, 1.807) is 6.20 Å². The number of hydrogen-bond acceptors (Lipinski definition) is 6. The molecule has 1 aliphatic heterocycles. The lowest BCUT2D eigenvalue weighted by molar-refractivity contribution is -0.193. The summed E-state index contributed by atoms with van der Waals surface area (Å²) in [6.07, 6.45) is -3.29. The Morgan fingerprint density at radius 2 is 1.56 bits per heavy atom. The molecule has 14 heteroatoms. The Labute approximate surface area is 189 Å². The Morgan fingerprint density at radius 1 is 0.971 bits per heavy atom. The van der Waals surface area contributed by atoms with Crippen molar-refractivity contribution < 1.29 is 51.3 Å². The molecule has 0 radical (unpaired) electrons. The summed E-state index contributed by atoms with van der Waals surface area (Å²) in [5.74, 6) is -5.51. The Kier molecular flexibility index (Phi) is 10.9. The van der Waals surface area contributed by atoms with E-state index in [-0.39, 0.29) is 12.1 Å². The highest BCUT2D eigenvalue weighted by Crippen LogP contribution is 2.23. The van der Waals surface area contributed by atoms with Gasteiger partial charge in [0.2, 0.25) is 0 Å². The third kappa shape index (κ3) is 10.6.